The SMILES string of the molecule is CCCCCC=CCC=CCCCCCCCC(=O)Oc1cc(C(=O)OCCO)cc(OC(=O)CCCCCCC/C=C\C/C=C\CCCCC)c1OC(=O)CCCCCCCC=CCC=CCCCCC. The number of aliphatic hydroxyl groups is 1. The molecule has 0 radical (unpaired) electrons. The third kappa shape index (κ3) is 40.0. The first-order valence-corrected chi connectivity index (χ1v) is 28.8. The van der Waals surface area contributed by atoms with Gasteiger partial charge in [-0.3, -0.25) is 14.4 Å². The summed E-state index contributed by atoms with van der Waals surface area (Å²) in [6.07, 6.45) is 61.9. The van der Waals surface area contributed by atoms with Gasteiger partial charge >= 0.3 is 23.9 Å². The first-order chi connectivity index (χ1) is 35.4. The van der Waals surface area contributed by atoms with E-state index in [2.05, 4.69) is 93.7 Å². The number of aliphatic hydroxyl groups excluding tert-OH is 1. The van der Waals surface area contributed by atoms with E-state index in [-0.39, 0.29) is 55.3 Å². The lowest BCUT2D eigenvalue weighted by molar-refractivity contribution is -0.138. The van der Waals surface area contributed by atoms with Crippen LogP contribution in [-0.4, -0.2) is 42.2 Å². The zero-order valence-electron chi connectivity index (χ0n) is 45.7. The maximum Gasteiger partial charge on any atom is 0.338 e. The molecular weight excluding hydrogens is 901 g/mol. The van der Waals surface area contributed by atoms with E-state index in [4.69, 9.17) is 18.9 Å². The lowest BCUT2D eigenvalue weighted by atomic mass is 10.1. The number of hydrogen-bond acceptors (Lipinski definition) is 9. The summed E-state index contributed by atoms with van der Waals surface area (Å²) in [5.41, 5.74) is -0.0725. The third-order valence-electron chi connectivity index (χ3n) is 12.2. The summed E-state index contributed by atoms with van der Waals surface area (Å²) in [5.74, 6) is -3.12. The highest BCUT2D eigenvalue weighted by atomic mass is 16.6. The molecule has 0 saturated heterocycles. The van der Waals surface area contributed by atoms with Crippen LogP contribution in [-0.2, 0) is 19.1 Å². The van der Waals surface area contributed by atoms with Crippen molar-refractivity contribution in [2.45, 2.75) is 252 Å². The maximum atomic E-state index is 13.4. The molecule has 0 fully saturated rings. The minimum atomic E-state index is -0.816. The van der Waals surface area contributed by atoms with E-state index in [9.17, 15) is 24.3 Å². The van der Waals surface area contributed by atoms with Crippen molar-refractivity contribution in [3.05, 3.63) is 90.6 Å². The van der Waals surface area contributed by atoms with Crippen LogP contribution in [0.3, 0.4) is 0 Å². The van der Waals surface area contributed by atoms with Crippen LogP contribution in [0.1, 0.15) is 262 Å². The normalized spacial score (nSPS) is 11.9. The lowest BCUT2D eigenvalue weighted by Gasteiger charge is -2.16. The minimum Gasteiger partial charge on any atom is -0.460 e. The molecule has 1 aromatic rings. The number of benzene rings is 1. The van der Waals surface area contributed by atoms with Crippen LogP contribution >= 0.6 is 0 Å². The van der Waals surface area contributed by atoms with Crippen LogP contribution in [0, 0.1) is 0 Å². The molecule has 9 nitrogen and oxygen atoms in total. The second kappa shape index (κ2) is 50.1. The molecule has 0 aromatic heterocycles. The van der Waals surface area contributed by atoms with E-state index in [0.717, 1.165) is 135 Å². The Balaban J connectivity index is 2.88. The summed E-state index contributed by atoms with van der Waals surface area (Å²) in [6.45, 7) is 6.02. The van der Waals surface area contributed by atoms with Crippen LogP contribution in [0.25, 0.3) is 0 Å². The van der Waals surface area contributed by atoms with Crippen molar-refractivity contribution in [2.75, 3.05) is 13.2 Å². The maximum absolute atomic E-state index is 13.4. The summed E-state index contributed by atoms with van der Waals surface area (Å²) in [7, 11) is 0. The first-order valence-electron chi connectivity index (χ1n) is 28.8. The molecular formula is C63H100O9. The summed E-state index contributed by atoms with van der Waals surface area (Å²) < 4.78 is 22.7. The Morgan fingerprint density at radius 3 is 1.00 bits per heavy atom. The molecule has 1 N–H and O–H groups in total. The summed E-state index contributed by atoms with van der Waals surface area (Å²) in [4.78, 5) is 53.1. The van der Waals surface area contributed by atoms with Gasteiger partial charge in [0.2, 0.25) is 5.75 Å². The Morgan fingerprint density at radius 2 is 0.681 bits per heavy atom. The molecule has 0 saturated carbocycles. The van der Waals surface area contributed by atoms with Crippen molar-refractivity contribution in [1.82, 2.24) is 0 Å². The molecule has 406 valence electrons. The van der Waals surface area contributed by atoms with Gasteiger partial charge < -0.3 is 24.1 Å². The van der Waals surface area contributed by atoms with E-state index in [1.807, 2.05) is 0 Å². The Hall–Kier alpha value is -4.50. The molecule has 0 aliphatic rings. The predicted octanol–water partition coefficient (Wildman–Crippen LogP) is 18.0. The fourth-order valence-corrected chi connectivity index (χ4v) is 7.92. The quantitative estimate of drug-likeness (QED) is 0.0294. The van der Waals surface area contributed by atoms with E-state index in [1.54, 1.807) is 0 Å². The summed E-state index contributed by atoms with van der Waals surface area (Å²) >= 11 is 0. The van der Waals surface area contributed by atoms with Gasteiger partial charge in [0.15, 0.2) is 11.5 Å². The Morgan fingerprint density at radius 1 is 0.389 bits per heavy atom. The van der Waals surface area contributed by atoms with Crippen molar-refractivity contribution in [3.8, 4) is 17.2 Å². The van der Waals surface area contributed by atoms with Gasteiger partial charge in [-0.05, 0) is 128 Å². The molecule has 0 aliphatic heterocycles. The smallest absolute Gasteiger partial charge is 0.338 e. The topological polar surface area (TPSA) is 125 Å². The van der Waals surface area contributed by atoms with Crippen LogP contribution in [0.5, 0.6) is 17.2 Å². The molecule has 1 aromatic carbocycles. The molecule has 0 bridgehead atoms. The van der Waals surface area contributed by atoms with Gasteiger partial charge in [-0.25, -0.2) is 4.79 Å². The molecule has 0 aliphatic carbocycles. The molecule has 0 spiro atoms. The zero-order chi connectivity index (χ0) is 52.2. The Labute approximate surface area is 438 Å². The van der Waals surface area contributed by atoms with Crippen molar-refractivity contribution < 1.29 is 43.2 Å². The lowest BCUT2D eigenvalue weighted by Crippen LogP contribution is -2.16. The van der Waals surface area contributed by atoms with Crippen LogP contribution in [0.2, 0.25) is 0 Å². The van der Waals surface area contributed by atoms with E-state index < -0.39 is 23.9 Å². The van der Waals surface area contributed by atoms with E-state index >= 15 is 0 Å². The fourth-order valence-electron chi connectivity index (χ4n) is 7.92. The van der Waals surface area contributed by atoms with Crippen molar-refractivity contribution in [1.29, 1.82) is 0 Å². The average Bonchev–Trinajstić information content (AvgIpc) is 3.37. The second-order valence-corrected chi connectivity index (χ2v) is 19.0. The highest BCUT2D eigenvalue weighted by Crippen LogP contribution is 2.40. The van der Waals surface area contributed by atoms with E-state index in [0.29, 0.717) is 19.3 Å². The molecule has 0 amide bonds. The Bertz CT molecular complexity index is 1620. The number of allylic oxidation sites excluding steroid dienone is 12. The molecule has 0 atom stereocenters. The number of carbonyl (C=O) groups is 4. The molecule has 9 heteroatoms. The third-order valence-corrected chi connectivity index (χ3v) is 12.2. The van der Waals surface area contributed by atoms with Crippen molar-refractivity contribution in [3.63, 3.8) is 0 Å². The largest absolute Gasteiger partial charge is 0.460 e. The van der Waals surface area contributed by atoms with Crippen LogP contribution < -0.4 is 14.2 Å². The molecule has 0 heterocycles. The molecule has 72 heavy (non-hydrogen) atoms. The first kappa shape index (κ1) is 65.5. The van der Waals surface area contributed by atoms with Crippen LogP contribution in [0.15, 0.2) is 85.0 Å². The van der Waals surface area contributed by atoms with Gasteiger partial charge in [0.05, 0.1) is 12.2 Å². The second-order valence-electron chi connectivity index (χ2n) is 19.0. The number of rotatable bonds is 48. The molecule has 1 rings (SSSR count). The number of esters is 4. The van der Waals surface area contributed by atoms with Gasteiger partial charge in [-0.1, -0.05) is 190 Å². The predicted molar refractivity (Wildman–Crippen MR) is 299 cm³/mol. The summed E-state index contributed by atoms with van der Waals surface area (Å²) in [6, 6.07) is 2.54. The highest BCUT2D eigenvalue weighted by Gasteiger charge is 2.25. The number of unbranched alkanes of at least 4 members (excludes halogenated alkanes) is 24. The van der Waals surface area contributed by atoms with Crippen molar-refractivity contribution in [2.24, 2.45) is 0 Å². The van der Waals surface area contributed by atoms with Gasteiger partial charge in [-0.2, -0.15) is 0 Å². The standard InChI is InChI=1S/C63H100O9/c1-4-7-10-13-16-19-22-25-28-31-34-37-40-43-46-49-59(65)70-57-54-56(63(68)69-53-52-64)55-58(71-60(66)50-47-44-41-38-35-32-29-26-23-20-17-14-11-8-5-2)62(57)72-61(67)51-48-45-42-39-36-33-30-27-24-21-18-15-12-9-6-3/h16-21,25-30,54-55,64H,4-15,22-24,31-53H2,1-3H3/b19-16-,20-17?,21-18?,28-25-,29-26?,30-27?. The average molecular weight is 1000 g/mol. The minimum absolute atomic E-state index is 0.0725. The van der Waals surface area contributed by atoms with Gasteiger partial charge in [-0.15, -0.1) is 0 Å². The highest BCUT2D eigenvalue weighted by molar-refractivity contribution is 5.92. The monoisotopic (exact) mass is 1000 g/mol. The van der Waals surface area contributed by atoms with E-state index in [1.165, 1.54) is 69.9 Å². The fraction of sp³-hybridized carbons (Fsp3) is 0.651. The van der Waals surface area contributed by atoms with Gasteiger partial charge in [0.25, 0.3) is 0 Å². The number of carbonyl (C=O) groups excluding carboxylic acids is 4. The molecule has 0 unspecified atom stereocenters. The summed E-state index contributed by atoms with van der Waals surface area (Å²) in [5, 5.41) is 9.33. The van der Waals surface area contributed by atoms with Gasteiger partial charge in [0.1, 0.15) is 6.61 Å². The van der Waals surface area contributed by atoms with Crippen LogP contribution in [0.4, 0.5) is 0 Å². The van der Waals surface area contributed by atoms with Gasteiger partial charge in [0, 0.05) is 19.3 Å². The number of hydrogen-bond donors (Lipinski definition) is 1. The van der Waals surface area contributed by atoms with Crippen molar-refractivity contribution >= 4 is 23.9 Å². The number of ether oxygens (including phenoxy) is 4. The zero-order valence-corrected chi connectivity index (χ0v) is 45.7. The Kier molecular flexibility index (Phi) is 45.5.